The molecular weight excluding hydrogens is 299 g/mol. The summed E-state index contributed by atoms with van der Waals surface area (Å²) in [6.45, 7) is 0. The fraction of sp³-hybridized carbons (Fsp3) is 0. The Hall–Kier alpha value is -2.67. The number of carbonyl (C=O) groups is 1. The molecule has 2 aromatic rings. The number of amides is 1. The number of anilines is 1. The minimum atomic E-state index is -0.535. The summed E-state index contributed by atoms with van der Waals surface area (Å²) in [6.07, 6.45) is 0.942. The lowest BCUT2D eigenvalue weighted by Crippen LogP contribution is -2.15. The highest BCUT2D eigenvalue weighted by Gasteiger charge is 2.11. The van der Waals surface area contributed by atoms with Crippen molar-refractivity contribution in [1.29, 1.82) is 0 Å². The summed E-state index contributed by atoms with van der Waals surface area (Å²) in [5.41, 5.74) is 6.20. The highest BCUT2D eigenvalue weighted by atomic mass is 35.5. The van der Waals surface area contributed by atoms with E-state index in [0.29, 0.717) is 11.3 Å². The highest BCUT2D eigenvalue weighted by Crippen LogP contribution is 2.23. The highest BCUT2D eigenvalue weighted by molar-refractivity contribution is 6.34. The molecule has 1 aromatic heterocycles. The van der Waals surface area contributed by atoms with E-state index in [0.717, 1.165) is 12.3 Å². The molecular formula is C13H10ClFN4O2. The second-order valence-electron chi connectivity index (χ2n) is 4.00. The number of hydrogen-bond acceptors (Lipinski definition) is 4. The molecule has 0 unspecified atom stereocenters. The molecule has 0 saturated heterocycles. The summed E-state index contributed by atoms with van der Waals surface area (Å²) in [7, 11) is 0. The number of hydrogen-bond donors (Lipinski definition) is 3. The lowest BCUT2D eigenvalue weighted by atomic mass is 10.2. The van der Waals surface area contributed by atoms with Crippen LogP contribution in [0.15, 0.2) is 41.7 Å². The largest absolute Gasteiger partial charge is 0.409 e. The van der Waals surface area contributed by atoms with Gasteiger partial charge in [0, 0.05) is 5.56 Å². The molecule has 0 radical (unpaired) electrons. The van der Waals surface area contributed by atoms with Gasteiger partial charge in [-0.1, -0.05) is 16.8 Å². The zero-order chi connectivity index (χ0) is 15.4. The third-order valence-electron chi connectivity index (χ3n) is 2.58. The fourth-order valence-corrected chi connectivity index (χ4v) is 1.76. The molecule has 1 amide bonds. The Morgan fingerprint density at radius 3 is 2.71 bits per heavy atom. The quantitative estimate of drug-likeness (QED) is 0.350. The van der Waals surface area contributed by atoms with Crippen LogP contribution in [0.5, 0.6) is 0 Å². The molecule has 4 N–H and O–H groups in total. The van der Waals surface area contributed by atoms with E-state index in [1.165, 1.54) is 24.3 Å². The van der Waals surface area contributed by atoms with Gasteiger partial charge < -0.3 is 16.3 Å². The van der Waals surface area contributed by atoms with Gasteiger partial charge in [-0.3, -0.25) is 4.79 Å². The first-order valence-electron chi connectivity index (χ1n) is 5.71. The van der Waals surface area contributed by atoms with Crippen molar-refractivity contribution in [3.05, 3.63) is 58.6 Å². The summed E-state index contributed by atoms with van der Waals surface area (Å²) in [5.74, 6) is -1.17. The van der Waals surface area contributed by atoms with Crippen molar-refractivity contribution in [1.82, 2.24) is 4.98 Å². The molecule has 0 fully saturated rings. The van der Waals surface area contributed by atoms with E-state index in [4.69, 9.17) is 22.5 Å². The number of nitrogens with one attached hydrogen (secondary N) is 1. The molecule has 0 aliphatic rings. The summed E-state index contributed by atoms with van der Waals surface area (Å²) in [6, 6.07) is 6.84. The number of nitrogens with two attached hydrogens (primary N) is 1. The van der Waals surface area contributed by atoms with E-state index in [1.807, 2.05) is 0 Å². The summed E-state index contributed by atoms with van der Waals surface area (Å²) in [5, 5.41) is 14.2. The van der Waals surface area contributed by atoms with Crippen LogP contribution in [0.4, 0.5) is 10.1 Å². The predicted octanol–water partition coefficient (Wildman–Crippen LogP) is 2.22. The summed E-state index contributed by atoms with van der Waals surface area (Å²) in [4.78, 5) is 15.6. The molecule has 0 bridgehead atoms. The van der Waals surface area contributed by atoms with E-state index >= 15 is 0 Å². The van der Waals surface area contributed by atoms with Crippen LogP contribution >= 0.6 is 11.6 Å². The van der Waals surface area contributed by atoms with E-state index in [1.54, 1.807) is 0 Å². The van der Waals surface area contributed by atoms with Gasteiger partial charge in [0.15, 0.2) is 5.84 Å². The monoisotopic (exact) mass is 308 g/mol. The number of pyridine rings is 1. The van der Waals surface area contributed by atoms with Gasteiger partial charge in [-0.2, -0.15) is 0 Å². The Kier molecular flexibility index (Phi) is 4.34. The van der Waals surface area contributed by atoms with Crippen LogP contribution in [0, 0.1) is 5.82 Å². The molecule has 2 rings (SSSR count). The number of nitrogens with zero attached hydrogens (tertiary/aromatic N) is 2. The Labute approximate surface area is 124 Å². The van der Waals surface area contributed by atoms with Crippen molar-refractivity contribution in [2.24, 2.45) is 10.9 Å². The second-order valence-corrected chi connectivity index (χ2v) is 4.40. The van der Waals surface area contributed by atoms with Crippen molar-refractivity contribution >= 4 is 29.0 Å². The Morgan fingerprint density at radius 2 is 2.14 bits per heavy atom. The minimum Gasteiger partial charge on any atom is -0.409 e. The molecule has 8 heteroatoms. The zero-order valence-electron chi connectivity index (χ0n) is 10.5. The predicted molar refractivity (Wildman–Crippen MR) is 76.1 cm³/mol. The summed E-state index contributed by atoms with van der Waals surface area (Å²) >= 11 is 6.00. The van der Waals surface area contributed by atoms with Crippen LogP contribution in [0.25, 0.3) is 0 Å². The van der Waals surface area contributed by atoms with E-state index in [2.05, 4.69) is 15.5 Å². The molecule has 1 aromatic carbocycles. The van der Waals surface area contributed by atoms with Crippen molar-refractivity contribution < 1.29 is 14.4 Å². The van der Waals surface area contributed by atoms with E-state index in [-0.39, 0.29) is 16.6 Å². The van der Waals surface area contributed by atoms with Crippen LogP contribution < -0.4 is 11.1 Å². The maximum Gasteiger partial charge on any atom is 0.274 e. The first-order chi connectivity index (χ1) is 10.0. The SMILES string of the molecule is N/C(=N/O)c1ccc(NC(=O)c2ccc(F)cn2)c(Cl)c1. The number of amidine groups is 1. The standard InChI is InChI=1S/C13H10ClFN4O2/c14-9-5-7(12(16)19-21)1-3-10(9)18-13(20)11-4-2-8(15)6-17-11/h1-6,21H,(H2,16,19)(H,18,20). The molecule has 1 heterocycles. The van der Waals surface area contributed by atoms with Gasteiger partial charge in [-0.15, -0.1) is 0 Å². The molecule has 0 aliphatic carbocycles. The maximum atomic E-state index is 12.7. The van der Waals surface area contributed by atoms with Crippen molar-refractivity contribution in [2.75, 3.05) is 5.32 Å². The molecule has 6 nitrogen and oxygen atoms in total. The van der Waals surface area contributed by atoms with Crippen LogP contribution in [0.3, 0.4) is 0 Å². The van der Waals surface area contributed by atoms with Gasteiger partial charge in [-0.05, 0) is 30.3 Å². The normalized spacial score (nSPS) is 11.2. The molecule has 0 saturated carbocycles. The molecule has 108 valence electrons. The number of benzene rings is 1. The van der Waals surface area contributed by atoms with E-state index < -0.39 is 11.7 Å². The second kappa shape index (κ2) is 6.19. The first kappa shape index (κ1) is 14.7. The third kappa shape index (κ3) is 3.46. The molecule has 0 spiro atoms. The minimum absolute atomic E-state index is 0.0491. The lowest BCUT2D eigenvalue weighted by Gasteiger charge is -2.08. The Balaban J connectivity index is 2.20. The third-order valence-corrected chi connectivity index (χ3v) is 2.89. The van der Waals surface area contributed by atoms with Gasteiger partial charge in [0.2, 0.25) is 0 Å². The van der Waals surface area contributed by atoms with Gasteiger partial charge in [0.25, 0.3) is 5.91 Å². The Morgan fingerprint density at radius 1 is 1.38 bits per heavy atom. The number of rotatable bonds is 3. The number of carbonyl (C=O) groups excluding carboxylic acids is 1. The van der Waals surface area contributed by atoms with Crippen LogP contribution in [-0.4, -0.2) is 21.9 Å². The average molecular weight is 309 g/mol. The smallest absolute Gasteiger partial charge is 0.274 e. The lowest BCUT2D eigenvalue weighted by molar-refractivity contribution is 0.102. The van der Waals surface area contributed by atoms with Gasteiger partial charge in [-0.25, -0.2) is 9.37 Å². The van der Waals surface area contributed by atoms with Gasteiger partial charge in [0.05, 0.1) is 16.9 Å². The van der Waals surface area contributed by atoms with Crippen LogP contribution in [-0.2, 0) is 0 Å². The van der Waals surface area contributed by atoms with Crippen molar-refractivity contribution in [3.8, 4) is 0 Å². The molecule has 21 heavy (non-hydrogen) atoms. The molecule has 0 aliphatic heterocycles. The Bertz CT molecular complexity index is 704. The molecule has 0 atom stereocenters. The number of halogens is 2. The van der Waals surface area contributed by atoms with Crippen LogP contribution in [0.1, 0.15) is 16.1 Å². The first-order valence-corrected chi connectivity index (χ1v) is 6.09. The zero-order valence-corrected chi connectivity index (χ0v) is 11.3. The number of aromatic nitrogens is 1. The van der Waals surface area contributed by atoms with Crippen molar-refractivity contribution in [3.63, 3.8) is 0 Å². The fourth-order valence-electron chi connectivity index (χ4n) is 1.53. The van der Waals surface area contributed by atoms with Gasteiger partial charge >= 0.3 is 0 Å². The summed E-state index contributed by atoms with van der Waals surface area (Å²) < 4.78 is 12.7. The van der Waals surface area contributed by atoms with Gasteiger partial charge in [0.1, 0.15) is 11.5 Å². The average Bonchev–Trinajstić information content (AvgIpc) is 2.49. The number of oxime groups is 1. The van der Waals surface area contributed by atoms with Crippen LogP contribution in [0.2, 0.25) is 5.02 Å². The topological polar surface area (TPSA) is 101 Å². The maximum absolute atomic E-state index is 12.7. The van der Waals surface area contributed by atoms with Crippen molar-refractivity contribution in [2.45, 2.75) is 0 Å². The van der Waals surface area contributed by atoms with E-state index in [9.17, 15) is 9.18 Å².